The van der Waals surface area contributed by atoms with Crippen LogP contribution in [0.3, 0.4) is 0 Å². The monoisotopic (exact) mass is 564 g/mol. The Morgan fingerprint density at radius 3 is 2.54 bits per heavy atom. The van der Waals surface area contributed by atoms with Crippen LogP contribution in [-0.4, -0.2) is 65.5 Å². The summed E-state index contributed by atoms with van der Waals surface area (Å²) in [6.07, 6.45) is 4.27. The van der Waals surface area contributed by atoms with Crippen molar-refractivity contribution in [1.29, 1.82) is 0 Å². The van der Waals surface area contributed by atoms with E-state index in [0.29, 0.717) is 31.6 Å². The lowest BCUT2D eigenvalue weighted by molar-refractivity contribution is -0.167. The number of hydrogen-bond acceptors (Lipinski definition) is 8. The van der Waals surface area contributed by atoms with E-state index >= 15 is 0 Å². The Morgan fingerprint density at radius 2 is 1.80 bits per heavy atom. The van der Waals surface area contributed by atoms with Gasteiger partial charge in [0.05, 0.1) is 10.9 Å². The van der Waals surface area contributed by atoms with Crippen LogP contribution < -0.4 is 21.2 Å². The van der Waals surface area contributed by atoms with Gasteiger partial charge in [-0.25, -0.2) is 10.4 Å². The van der Waals surface area contributed by atoms with E-state index in [1.165, 1.54) is 5.01 Å². The number of rotatable bonds is 1. The van der Waals surface area contributed by atoms with Crippen LogP contribution in [0.2, 0.25) is 0 Å². The second-order valence-electron chi connectivity index (χ2n) is 11.8. The normalized spacial score (nSPS) is 25.4. The number of hydrazine groups is 2. The minimum atomic E-state index is -1.07. The highest BCUT2D eigenvalue weighted by Gasteiger charge is 2.36. The van der Waals surface area contributed by atoms with Crippen LogP contribution in [0.5, 0.6) is 0 Å². The summed E-state index contributed by atoms with van der Waals surface area (Å²) in [5.74, 6) is -1.51. The van der Waals surface area contributed by atoms with Crippen molar-refractivity contribution >= 4 is 46.5 Å². The fraction of sp³-hybridized carbons (Fsp3) is 0.500. The third-order valence-corrected chi connectivity index (χ3v) is 7.41. The molecule has 3 amide bonds. The number of amides is 3. The minimum absolute atomic E-state index is 0.309. The molecule has 3 atom stereocenters. The number of anilines is 1. The van der Waals surface area contributed by atoms with Crippen LogP contribution >= 0.6 is 0 Å². The Balaban J connectivity index is 1.66. The number of cyclic esters (lactones) is 1. The van der Waals surface area contributed by atoms with Crippen molar-refractivity contribution in [2.45, 2.75) is 72.1 Å². The molecule has 3 heterocycles. The van der Waals surface area contributed by atoms with Gasteiger partial charge in [-0.1, -0.05) is 38.1 Å². The molecule has 4 rings (SSSR count). The van der Waals surface area contributed by atoms with Crippen LogP contribution in [-0.2, 0) is 23.9 Å². The first-order valence-electron chi connectivity index (χ1n) is 14.1. The second kappa shape index (κ2) is 12.3. The van der Waals surface area contributed by atoms with E-state index in [2.05, 4.69) is 16.2 Å². The van der Waals surface area contributed by atoms with Gasteiger partial charge in [0, 0.05) is 19.0 Å². The minimum Gasteiger partial charge on any atom is -0.452 e. The number of hydrogen-bond donors (Lipinski definition) is 3. The molecule has 11 heteroatoms. The molecule has 2 aromatic rings. The van der Waals surface area contributed by atoms with Gasteiger partial charge >= 0.3 is 5.97 Å². The van der Waals surface area contributed by atoms with Gasteiger partial charge in [-0.3, -0.25) is 34.6 Å². The lowest BCUT2D eigenvalue weighted by Gasteiger charge is -2.35. The first kappa shape index (κ1) is 30.0. The molecule has 41 heavy (non-hydrogen) atoms. The third-order valence-electron chi connectivity index (χ3n) is 7.41. The molecule has 2 aliphatic rings. The van der Waals surface area contributed by atoms with Crippen LogP contribution in [0.1, 0.15) is 59.4 Å². The Kier molecular flexibility index (Phi) is 8.96. The maximum Gasteiger partial charge on any atom is 0.312 e. The summed E-state index contributed by atoms with van der Waals surface area (Å²) in [5.41, 5.74) is 6.62. The number of fused-ring (bicyclic) bond motifs is 4. The van der Waals surface area contributed by atoms with Crippen molar-refractivity contribution < 1.29 is 23.9 Å². The SMILES string of the molecule is CC1NC(=O)C(C(C)C)OC(=O)C(C)(C)C/C=C/c2ccc3ccc(nc3c2)N(C)NC(=O)C2CCCN(N2)C1=O. The fourth-order valence-corrected chi connectivity index (χ4v) is 4.78. The summed E-state index contributed by atoms with van der Waals surface area (Å²) in [7, 11) is 1.71. The van der Waals surface area contributed by atoms with Gasteiger partial charge < -0.3 is 10.1 Å². The molecular weight excluding hydrogens is 524 g/mol. The molecule has 3 N–H and O–H groups in total. The summed E-state index contributed by atoms with van der Waals surface area (Å²) < 4.78 is 5.71. The first-order chi connectivity index (χ1) is 19.4. The van der Waals surface area contributed by atoms with Gasteiger partial charge in [0.2, 0.25) is 0 Å². The number of esters is 1. The van der Waals surface area contributed by atoms with E-state index in [1.54, 1.807) is 46.7 Å². The van der Waals surface area contributed by atoms with E-state index in [1.807, 2.05) is 42.5 Å². The predicted molar refractivity (Wildman–Crippen MR) is 156 cm³/mol. The Morgan fingerprint density at radius 1 is 1.07 bits per heavy atom. The highest BCUT2D eigenvalue weighted by atomic mass is 16.5. The van der Waals surface area contributed by atoms with Gasteiger partial charge in [0.25, 0.3) is 17.7 Å². The van der Waals surface area contributed by atoms with E-state index in [9.17, 15) is 19.2 Å². The number of allylic oxidation sites excluding steroid dienone is 1. The molecule has 3 unspecified atom stereocenters. The number of nitrogens with zero attached hydrogens (tertiary/aromatic N) is 3. The van der Waals surface area contributed by atoms with E-state index in [-0.39, 0.29) is 11.8 Å². The van der Waals surface area contributed by atoms with Crippen molar-refractivity contribution in [3.63, 3.8) is 0 Å². The number of benzene rings is 1. The molecule has 220 valence electrons. The van der Waals surface area contributed by atoms with Crippen molar-refractivity contribution in [3.05, 3.63) is 42.0 Å². The molecule has 0 saturated carbocycles. The molecule has 2 aliphatic heterocycles. The summed E-state index contributed by atoms with van der Waals surface area (Å²) >= 11 is 0. The van der Waals surface area contributed by atoms with Gasteiger partial charge in [0.15, 0.2) is 6.10 Å². The van der Waals surface area contributed by atoms with Crippen molar-refractivity contribution in [1.82, 2.24) is 26.2 Å². The zero-order valence-electron chi connectivity index (χ0n) is 24.6. The smallest absolute Gasteiger partial charge is 0.312 e. The predicted octanol–water partition coefficient (Wildman–Crippen LogP) is 2.71. The van der Waals surface area contributed by atoms with E-state index in [0.717, 1.165) is 16.5 Å². The highest BCUT2D eigenvalue weighted by Crippen LogP contribution is 2.26. The quantitative estimate of drug-likeness (QED) is 0.451. The fourth-order valence-electron chi connectivity index (χ4n) is 4.78. The largest absolute Gasteiger partial charge is 0.452 e. The summed E-state index contributed by atoms with van der Waals surface area (Å²) in [6.45, 7) is 9.08. The molecule has 0 radical (unpaired) electrons. The summed E-state index contributed by atoms with van der Waals surface area (Å²) in [4.78, 5) is 57.4. The zero-order chi connectivity index (χ0) is 29.9. The van der Waals surface area contributed by atoms with Crippen LogP contribution in [0.25, 0.3) is 17.0 Å². The molecule has 0 spiro atoms. The molecule has 1 aromatic heterocycles. The lowest BCUT2D eigenvalue weighted by Crippen LogP contribution is -2.62. The topological polar surface area (TPSA) is 133 Å². The standard InChI is InChI=1S/C30H40N6O5/c1-18(2)25-27(38)31-19(3)28(39)36-16-8-10-22(33-36)26(37)34-35(6)24-14-13-21-12-11-20(17-23(21)32-24)9-7-15-30(4,5)29(40)41-25/h7,9,11-14,17-19,22,25,33H,8,10,15-16H2,1-6H3,(H,31,38)(H,34,37)/b9-7+. The van der Waals surface area contributed by atoms with Crippen molar-refractivity contribution in [2.24, 2.45) is 11.3 Å². The van der Waals surface area contributed by atoms with Crippen LogP contribution in [0.4, 0.5) is 5.82 Å². The van der Waals surface area contributed by atoms with Gasteiger partial charge in [0.1, 0.15) is 17.9 Å². The zero-order valence-corrected chi connectivity index (χ0v) is 24.6. The van der Waals surface area contributed by atoms with Gasteiger partial charge in [-0.15, -0.1) is 0 Å². The number of carbonyl (C=O) groups excluding carboxylic acids is 4. The molecule has 11 nitrogen and oxygen atoms in total. The van der Waals surface area contributed by atoms with Crippen LogP contribution in [0, 0.1) is 11.3 Å². The number of nitrogens with one attached hydrogen (secondary N) is 3. The van der Waals surface area contributed by atoms with Crippen molar-refractivity contribution in [2.75, 3.05) is 18.6 Å². The average Bonchev–Trinajstić information content (AvgIpc) is 2.94. The first-order valence-corrected chi connectivity index (χ1v) is 14.1. The molecule has 1 fully saturated rings. The molecule has 5 bridgehead atoms. The summed E-state index contributed by atoms with van der Waals surface area (Å²) in [5, 5.41) is 6.57. The third kappa shape index (κ3) is 7.02. The lowest BCUT2D eigenvalue weighted by atomic mass is 9.89. The average molecular weight is 565 g/mol. The molecule has 1 aromatic carbocycles. The van der Waals surface area contributed by atoms with Crippen molar-refractivity contribution in [3.8, 4) is 0 Å². The Hall–Kier alpha value is -3.99. The molecule has 0 aliphatic carbocycles. The summed E-state index contributed by atoms with van der Waals surface area (Å²) in [6, 6.07) is 8.08. The number of ether oxygens (including phenoxy) is 1. The number of carbonyl (C=O) groups is 4. The number of pyridine rings is 1. The van der Waals surface area contributed by atoms with Crippen LogP contribution in [0.15, 0.2) is 36.4 Å². The molecule has 1 saturated heterocycles. The highest BCUT2D eigenvalue weighted by molar-refractivity contribution is 5.91. The van der Waals surface area contributed by atoms with Gasteiger partial charge in [-0.05, 0) is 69.7 Å². The Labute approximate surface area is 240 Å². The second-order valence-corrected chi connectivity index (χ2v) is 11.8. The maximum atomic E-state index is 13.2. The van der Waals surface area contributed by atoms with E-state index < -0.39 is 41.4 Å². The number of aromatic nitrogens is 1. The van der Waals surface area contributed by atoms with Gasteiger partial charge in [-0.2, -0.15) is 0 Å². The Bertz CT molecular complexity index is 1360. The maximum absolute atomic E-state index is 13.2. The van der Waals surface area contributed by atoms with E-state index in [4.69, 9.17) is 9.72 Å². The molecular formula is C30H40N6O5.